The van der Waals surface area contributed by atoms with Crippen molar-refractivity contribution in [2.24, 2.45) is 0 Å². The van der Waals surface area contributed by atoms with E-state index in [1.165, 1.54) is 21.6 Å². The maximum Gasteiger partial charge on any atom is -0.0157 e. The molecular weight excluding hydrogens is 312 g/mol. The third kappa shape index (κ3) is 5.75. The summed E-state index contributed by atoms with van der Waals surface area (Å²) in [6, 6.07) is 29.4. The summed E-state index contributed by atoms with van der Waals surface area (Å²) < 4.78 is 0. The summed E-state index contributed by atoms with van der Waals surface area (Å²) in [5, 5.41) is 2.58. The van der Waals surface area contributed by atoms with Gasteiger partial charge in [-0.15, -0.1) is 0 Å². The van der Waals surface area contributed by atoms with E-state index in [9.17, 15) is 0 Å². The first-order valence-corrected chi connectivity index (χ1v) is 9.10. The van der Waals surface area contributed by atoms with Crippen LogP contribution in [-0.2, 0) is 0 Å². The molecule has 0 aliphatic carbocycles. The van der Waals surface area contributed by atoms with Gasteiger partial charge in [-0.2, -0.15) is 0 Å². The molecule has 0 fully saturated rings. The second-order valence-corrected chi connectivity index (χ2v) is 6.13. The van der Waals surface area contributed by atoms with Crippen molar-refractivity contribution in [3.8, 4) is 0 Å². The minimum absolute atomic E-state index is 0.930. The minimum Gasteiger partial charge on any atom is -0.0801 e. The lowest BCUT2D eigenvalue weighted by atomic mass is 10.1. The molecule has 128 valence electrons. The van der Waals surface area contributed by atoms with Crippen molar-refractivity contribution >= 4 is 24.3 Å². The molecule has 0 atom stereocenters. The summed E-state index contributed by atoms with van der Waals surface area (Å²) in [5.41, 5.74) is 2.48. The monoisotopic (exact) mass is 336 g/mol. The maximum absolute atomic E-state index is 2.28. The molecular formula is C26H24. The van der Waals surface area contributed by atoms with Crippen molar-refractivity contribution < 1.29 is 0 Å². The van der Waals surface area contributed by atoms with Crippen LogP contribution in [0.2, 0.25) is 0 Å². The standard InChI is InChI=1S/C26H24/c1-3-13-23(14-4-1)17-7-9-19-25-21-11-12-22-26(25)20-10-8-18-24-15-5-2-6-16-24/h1-8,11-22H,9-10H2/b17-7+,18-8+,25-19-,26-20+. The van der Waals surface area contributed by atoms with Crippen molar-refractivity contribution in [2.45, 2.75) is 12.8 Å². The fourth-order valence-corrected chi connectivity index (χ4v) is 2.81. The lowest BCUT2D eigenvalue weighted by molar-refractivity contribution is 1.40. The third-order valence-corrected chi connectivity index (χ3v) is 4.16. The number of allylic oxidation sites excluding steroid dienone is 2. The summed E-state index contributed by atoms with van der Waals surface area (Å²) in [7, 11) is 0. The SMILES string of the molecule is C(/C/C=C/c1ccccc1)=c1\cccc\c1=C/C/C=C/c1ccccc1. The molecule has 0 aromatic heterocycles. The summed E-state index contributed by atoms with van der Waals surface area (Å²) in [4.78, 5) is 0. The Morgan fingerprint density at radius 2 is 0.846 bits per heavy atom. The first-order chi connectivity index (χ1) is 12.9. The lowest BCUT2D eigenvalue weighted by Crippen LogP contribution is -2.23. The number of rotatable bonds is 6. The highest BCUT2D eigenvalue weighted by atomic mass is 13.9. The lowest BCUT2D eigenvalue weighted by Gasteiger charge is -1.93. The first kappa shape index (κ1) is 17.7. The molecule has 3 aromatic rings. The molecule has 26 heavy (non-hydrogen) atoms. The third-order valence-electron chi connectivity index (χ3n) is 4.16. The molecule has 0 nitrogen and oxygen atoms in total. The Morgan fingerprint density at radius 3 is 1.27 bits per heavy atom. The molecule has 0 aliphatic rings. The Morgan fingerprint density at radius 1 is 0.462 bits per heavy atom. The van der Waals surface area contributed by atoms with Gasteiger partial charge in [-0.25, -0.2) is 0 Å². The average molecular weight is 336 g/mol. The largest absolute Gasteiger partial charge is 0.0801 e. The molecule has 0 aliphatic heterocycles. The summed E-state index contributed by atoms with van der Waals surface area (Å²) in [6.07, 6.45) is 15.2. The van der Waals surface area contributed by atoms with Crippen LogP contribution in [0.5, 0.6) is 0 Å². The molecule has 3 aromatic carbocycles. The summed E-state index contributed by atoms with van der Waals surface area (Å²) >= 11 is 0. The second kappa shape index (κ2) is 10.0. The van der Waals surface area contributed by atoms with Crippen molar-refractivity contribution in [3.05, 3.63) is 119 Å². The highest BCUT2D eigenvalue weighted by molar-refractivity contribution is 5.51. The van der Waals surface area contributed by atoms with Gasteiger partial charge in [-0.05, 0) is 34.4 Å². The molecule has 0 N–H and O–H groups in total. The zero-order valence-electron chi connectivity index (χ0n) is 15.0. The Bertz CT molecular complexity index is 879. The van der Waals surface area contributed by atoms with Crippen LogP contribution in [0.4, 0.5) is 0 Å². The van der Waals surface area contributed by atoms with Crippen LogP contribution in [0.15, 0.2) is 97.1 Å². The zero-order chi connectivity index (χ0) is 17.9. The van der Waals surface area contributed by atoms with Gasteiger partial charge < -0.3 is 0 Å². The van der Waals surface area contributed by atoms with Gasteiger partial charge in [-0.1, -0.05) is 121 Å². The van der Waals surface area contributed by atoms with Gasteiger partial charge >= 0.3 is 0 Å². The van der Waals surface area contributed by atoms with E-state index in [1.807, 2.05) is 12.1 Å². The van der Waals surface area contributed by atoms with Gasteiger partial charge in [0.25, 0.3) is 0 Å². The van der Waals surface area contributed by atoms with E-state index in [0.717, 1.165) is 12.8 Å². The molecule has 3 rings (SSSR count). The minimum atomic E-state index is 0.930. The van der Waals surface area contributed by atoms with Crippen LogP contribution in [0.3, 0.4) is 0 Å². The Labute approximate surface area is 156 Å². The topological polar surface area (TPSA) is 0 Å². The predicted octanol–water partition coefficient (Wildman–Crippen LogP) is 5.45. The maximum atomic E-state index is 2.28. The fourth-order valence-electron chi connectivity index (χ4n) is 2.81. The molecule has 0 heteroatoms. The van der Waals surface area contributed by atoms with E-state index >= 15 is 0 Å². The molecule has 0 heterocycles. The Balaban J connectivity index is 1.67. The number of hydrogen-bond donors (Lipinski definition) is 0. The normalized spacial score (nSPS) is 13.1. The first-order valence-electron chi connectivity index (χ1n) is 9.10. The van der Waals surface area contributed by atoms with Gasteiger partial charge in [0, 0.05) is 0 Å². The Kier molecular flexibility index (Phi) is 6.81. The van der Waals surface area contributed by atoms with Gasteiger partial charge in [-0.3, -0.25) is 0 Å². The molecule has 0 saturated heterocycles. The van der Waals surface area contributed by atoms with Crippen molar-refractivity contribution in [2.75, 3.05) is 0 Å². The molecule has 0 amide bonds. The molecule has 0 bridgehead atoms. The van der Waals surface area contributed by atoms with E-state index in [0.29, 0.717) is 0 Å². The van der Waals surface area contributed by atoms with Crippen molar-refractivity contribution in [3.63, 3.8) is 0 Å². The summed E-state index contributed by atoms with van der Waals surface area (Å²) in [5.74, 6) is 0. The van der Waals surface area contributed by atoms with E-state index in [1.54, 1.807) is 0 Å². The predicted molar refractivity (Wildman–Crippen MR) is 115 cm³/mol. The van der Waals surface area contributed by atoms with E-state index in [2.05, 4.69) is 109 Å². The van der Waals surface area contributed by atoms with Crippen LogP contribution >= 0.6 is 0 Å². The van der Waals surface area contributed by atoms with Crippen LogP contribution in [-0.4, -0.2) is 0 Å². The smallest absolute Gasteiger partial charge is 0.0157 e. The van der Waals surface area contributed by atoms with E-state index in [4.69, 9.17) is 0 Å². The van der Waals surface area contributed by atoms with Crippen LogP contribution < -0.4 is 10.4 Å². The average Bonchev–Trinajstić information content (AvgIpc) is 2.71. The van der Waals surface area contributed by atoms with Crippen LogP contribution in [0.1, 0.15) is 24.0 Å². The molecule has 0 radical (unpaired) electrons. The molecule has 0 unspecified atom stereocenters. The molecule has 0 saturated carbocycles. The van der Waals surface area contributed by atoms with Crippen LogP contribution in [0.25, 0.3) is 24.3 Å². The number of hydrogen-bond acceptors (Lipinski definition) is 0. The zero-order valence-corrected chi connectivity index (χ0v) is 15.0. The van der Waals surface area contributed by atoms with Gasteiger partial charge in [0.15, 0.2) is 0 Å². The van der Waals surface area contributed by atoms with E-state index in [-0.39, 0.29) is 0 Å². The van der Waals surface area contributed by atoms with Gasteiger partial charge in [0.1, 0.15) is 0 Å². The fraction of sp³-hybridized carbons (Fsp3) is 0.0769. The van der Waals surface area contributed by atoms with Crippen molar-refractivity contribution in [1.29, 1.82) is 0 Å². The Hall–Kier alpha value is -3.12. The van der Waals surface area contributed by atoms with Gasteiger partial charge in [0.05, 0.1) is 0 Å². The van der Waals surface area contributed by atoms with Gasteiger partial charge in [0.2, 0.25) is 0 Å². The molecule has 0 spiro atoms. The summed E-state index contributed by atoms with van der Waals surface area (Å²) in [6.45, 7) is 0. The van der Waals surface area contributed by atoms with Crippen molar-refractivity contribution in [1.82, 2.24) is 0 Å². The highest BCUT2D eigenvalue weighted by Crippen LogP contribution is 2.02. The van der Waals surface area contributed by atoms with Crippen LogP contribution in [0, 0.1) is 0 Å². The quantitative estimate of drug-likeness (QED) is 0.561. The number of benzene rings is 3. The second-order valence-electron chi connectivity index (χ2n) is 6.13. The van der Waals surface area contributed by atoms with E-state index < -0.39 is 0 Å². The highest BCUT2D eigenvalue weighted by Gasteiger charge is 1.86.